The van der Waals surface area contributed by atoms with Crippen molar-refractivity contribution in [1.29, 1.82) is 0 Å². The summed E-state index contributed by atoms with van der Waals surface area (Å²) < 4.78 is 10.7. The van der Waals surface area contributed by atoms with Gasteiger partial charge >= 0.3 is 0 Å². The van der Waals surface area contributed by atoms with E-state index in [1.54, 1.807) is 14.2 Å². The molecule has 1 aliphatic carbocycles. The molecule has 2 unspecified atom stereocenters. The highest BCUT2D eigenvalue weighted by molar-refractivity contribution is 5.99. The third-order valence-corrected chi connectivity index (χ3v) is 3.97. The van der Waals surface area contributed by atoms with Crippen LogP contribution in [-0.2, 0) is 11.3 Å². The minimum absolute atomic E-state index is 0.0457. The lowest BCUT2D eigenvalue weighted by Crippen LogP contribution is -2.36. The summed E-state index contributed by atoms with van der Waals surface area (Å²) in [6, 6.07) is 6.05. The molecule has 1 saturated carbocycles. The number of hydrogen-bond acceptors (Lipinski definition) is 5. The van der Waals surface area contributed by atoms with Crippen LogP contribution in [0, 0.1) is 0 Å². The van der Waals surface area contributed by atoms with Gasteiger partial charge in [-0.15, -0.1) is 0 Å². The van der Waals surface area contributed by atoms with Crippen molar-refractivity contribution in [3.63, 3.8) is 0 Å². The van der Waals surface area contributed by atoms with Gasteiger partial charge in [0.25, 0.3) is 0 Å². The topological polar surface area (TPSA) is 89.1 Å². The summed E-state index contributed by atoms with van der Waals surface area (Å²) in [5.41, 5.74) is 7.33. The van der Waals surface area contributed by atoms with Crippen LogP contribution in [0.15, 0.2) is 23.4 Å². The summed E-state index contributed by atoms with van der Waals surface area (Å²) in [5.74, 6) is 0.633. The van der Waals surface area contributed by atoms with Crippen LogP contribution in [0.5, 0.6) is 5.75 Å². The number of nitrogens with one attached hydrogen (secondary N) is 1. The van der Waals surface area contributed by atoms with Gasteiger partial charge in [-0.2, -0.15) is 0 Å². The van der Waals surface area contributed by atoms with Gasteiger partial charge in [0.1, 0.15) is 5.75 Å². The molecule has 1 aliphatic rings. The standard InChI is InChI=1S/C15H23N3O3/c1-20-13-7-6-10(8-11(13)15(16)18-19)9-17-12-4-3-5-14(12)21-2/h6-8,12,14,17,19H,3-5,9H2,1-2H3,(H2,16,18). The Hall–Kier alpha value is -1.79. The highest BCUT2D eigenvalue weighted by atomic mass is 16.5. The van der Waals surface area contributed by atoms with Crippen molar-refractivity contribution in [2.75, 3.05) is 14.2 Å². The molecule has 0 amide bonds. The fourth-order valence-electron chi connectivity index (χ4n) is 2.81. The van der Waals surface area contributed by atoms with E-state index in [9.17, 15) is 0 Å². The fraction of sp³-hybridized carbons (Fsp3) is 0.533. The zero-order valence-electron chi connectivity index (χ0n) is 12.5. The molecule has 1 aromatic carbocycles. The molecule has 0 heterocycles. The predicted molar refractivity (Wildman–Crippen MR) is 80.8 cm³/mol. The third kappa shape index (κ3) is 3.65. The Kier molecular flexibility index (Phi) is 5.41. The lowest BCUT2D eigenvalue weighted by molar-refractivity contribution is 0.0847. The van der Waals surface area contributed by atoms with Crippen LogP contribution in [0.2, 0.25) is 0 Å². The second-order valence-electron chi connectivity index (χ2n) is 5.21. The first-order chi connectivity index (χ1) is 10.2. The minimum atomic E-state index is 0.0457. The van der Waals surface area contributed by atoms with Crippen molar-refractivity contribution in [1.82, 2.24) is 5.32 Å². The van der Waals surface area contributed by atoms with Gasteiger partial charge in [-0.25, -0.2) is 0 Å². The number of nitrogens with two attached hydrogens (primary N) is 1. The van der Waals surface area contributed by atoms with Gasteiger partial charge in [0.05, 0.1) is 18.8 Å². The van der Waals surface area contributed by atoms with Crippen molar-refractivity contribution in [3.05, 3.63) is 29.3 Å². The third-order valence-electron chi connectivity index (χ3n) is 3.97. The van der Waals surface area contributed by atoms with E-state index < -0.39 is 0 Å². The van der Waals surface area contributed by atoms with E-state index in [1.165, 1.54) is 6.42 Å². The van der Waals surface area contributed by atoms with Gasteiger partial charge in [-0.05, 0) is 37.0 Å². The van der Waals surface area contributed by atoms with E-state index in [-0.39, 0.29) is 11.9 Å². The van der Waals surface area contributed by atoms with Crippen LogP contribution >= 0.6 is 0 Å². The van der Waals surface area contributed by atoms with Gasteiger partial charge in [0.15, 0.2) is 5.84 Å². The minimum Gasteiger partial charge on any atom is -0.496 e. The molecule has 4 N–H and O–H groups in total. The largest absolute Gasteiger partial charge is 0.496 e. The van der Waals surface area contributed by atoms with Crippen LogP contribution in [0.3, 0.4) is 0 Å². The molecule has 116 valence electrons. The zero-order chi connectivity index (χ0) is 15.2. The van der Waals surface area contributed by atoms with Crippen molar-refractivity contribution in [2.24, 2.45) is 10.9 Å². The Morgan fingerprint density at radius 2 is 2.24 bits per heavy atom. The number of rotatable bonds is 6. The summed E-state index contributed by atoms with van der Waals surface area (Å²) in [4.78, 5) is 0. The summed E-state index contributed by atoms with van der Waals surface area (Å²) >= 11 is 0. The predicted octanol–water partition coefficient (Wildman–Crippen LogP) is 1.45. The summed E-state index contributed by atoms with van der Waals surface area (Å²) in [6.45, 7) is 0.709. The normalized spacial score (nSPS) is 22.5. The van der Waals surface area contributed by atoms with Crippen LogP contribution in [0.25, 0.3) is 0 Å². The molecule has 6 heteroatoms. The second-order valence-corrected chi connectivity index (χ2v) is 5.21. The molecule has 0 saturated heterocycles. The lowest BCUT2D eigenvalue weighted by Gasteiger charge is -2.20. The summed E-state index contributed by atoms with van der Waals surface area (Å²) in [5, 5.41) is 15.4. The van der Waals surface area contributed by atoms with Crippen molar-refractivity contribution >= 4 is 5.84 Å². The second kappa shape index (κ2) is 7.28. The molecular weight excluding hydrogens is 270 g/mol. The van der Waals surface area contributed by atoms with E-state index in [1.807, 2.05) is 18.2 Å². The SMILES string of the molecule is COc1ccc(CNC2CCCC2OC)cc1C(N)=NO. The Labute approximate surface area is 124 Å². The molecule has 0 aliphatic heterocycles. The molecule has 1 fully saturated rings. The molecule has 6 nitrogen and oxygen atoms in total. The fourth-order valence-corrected chi connectivity index (χ4v) is 2.81. The lowest BCUT2D eigenvalue weighted by atomic mass is 10.1. The number of amidine groups is 1. The summed E-state index contributed by atoms with van der Waals surface area (Å²) in [7, 11) is 3.32. The van der Waals surface area contributed by atoms with E-state index in [2.05, 4.69) is 10.5 Å². The number of benzene rings is 1. The Morgan fingerprint density at radius 1 is 1.43 bits per heavy atom. The highest BCUT2D eigenvalue weighted by Gasteiger charge is 2.26. The number of ether oxygens (including phenoxy) is 2. The first-order valence-corrected chi connectivity index (χ1v) is 7.10. The average Bonchev–Trinajstić information content (AvgIpc) is 2.99. The summed E-state index contributed by atoms with van der Waals surface area (Å²) in [6.07, 6.45) is 3.70. The van der Waals surface area contributed by atoms with Crippen LogP contribution in [0.4, 0.5) is 0 Å². The van der Waals surface area contributed by atoms with Crippen molar-refractivity contribution in [3.8, 4) is 5.75 Å². The molecular formula is C15H23N3O3. The van der Waals surface area contributed by atoms with Crippen LogP contribution < -0.4 is 15.8 Å². The smallest absolute Gasteiger partial charge is 0.173 e. The highest BCUT2D eigenvalue weighted by Crippen LogP contribution is 2.23. The number of methoxy groups -OCH3 is 2. The monoisotopic (exact) mass is 293 g/mol. The van der Waals surface area contributed by atoms with E-state index in [0.717, 1.165) is 18.4 Å². The van der Waals surface area contributed by atoms with Gasteiger partial charge in [0.2, 0.25) is 0 Å². The van der Waals surface area contributed by atoms with Gasteiger partial charge in [-0.3, -0.25) is 0 Å². The molecule has 1 aromatic rings. The van der Waals surface area contributed by atoms with Gasteiger partial charge in [0, 0.05) is 19.7 Å². The zero-order valence-corrected chi connectivity index (χ0v) is 12.5. The molecule has 2 atom stereocenters. The maximum absolute atomic E-state index is 8.84. The number of oxime groups is 1. The Bertz CT molecular complexity index is 505. The quantitative estimate of drug-likeness (QED) is 0.320. The van der Waals surface area contributed by atoms with Crippen molar-refractivity contribution < 1.29 is 14.7 Å². The van der Waals surface area contributed by atoms with Crippen LogP contribution in [0.1, 0.15) is 30.4 Å². The Balaban J connectivity index is 2.07. The maximum atomic E-state index is 8.84. The van der Waals surface area contributed by atoms with E-state index in [4.69, 9.17) is 20.4 Å². The first-order valence-electron chi connectivity index (χ1n) is 7.10. The molecule has 0 bridgehead atoms. The molecule has 0 radical (unpaired) electrons. The molecule has 0 aromatic heterocycles. The molecule has 2 rings (SSSR count). The van der Waals surface area contributed by atoms with E-state index >= 15 is 0 Å². The van der Waals surface area contributed by atoms with E-state index in [0.29, 0.717) is 23.9 Å². The first kappa shape index (κ1) is 15.6. The maximum Gasteiger partial charge on any atom is 0.173 e. The number of hydrogen-bond donors (Lipinski definition) is 3. The molecule has 21 heavy (non-hydrogen) atoms. The Morgan fingerprint density at radius 3 is 2.90 bits per heavy atom. The number of nitrogens with zero attached hydrogens (tertiary/aromatic N) is 1. The van der Waals surface area contributed by atoms with Gasteiger partial charge in [-0.1, -0.05) is 11.2 Å². The average molecular weight is 293 g/mol. The van der Waals surface area contributed by atoms with Crippen molar-refractivity contribution in [2.45, 2.75) is 38.0 Å². The molecule has 0 spiro atoms. The van der Waals surface area contributed by atoms with Gasteiger partial charge < -0.3 is 25.7 Å². The van der Waals surface area contributed by atoms with Crippen LogP contribution in [-0.4, -0.2) is 37.4 Å².